The Morgan fingerprint density at radius 2 is 2.00 bits per heavy atom. The molecule has 60 valence electrons. The third-order valence-corrected chi connectivity index (χ3v) is 2.07. The van der Waals surface area contributed by atoms with E-state index in [1.807, 2.05) is 0 Å². The maximum atomic E-state index is 4.11. The van der Waals surface area contributed by atoms with Crippen molar-refractivity contribution in [2.45, 2.75) is 33.1 Å². The summed E-state index contributed by atoms with van der Waals surface area (Å²) < 4.78 is 0. The molecule has 1 unspecified atom stereocenters. The molecule has 0 fully saturated rings. The second-order valence-corrected chi connectivity index (χ2v) is 3.02. The third kappa shape index (κ3) is 2.74. The Bertz CT molecular complexity index is 149. The van der Waals surface area contributed by atoms with Gasteiger partial charge in [-0.1, -0.05) is 30.3 Å². The molecule has 0 N–H and O–H groups in total. The molecule has 0 saturated heterocycles. The standard InChI is InChI=1S/C9H15N2/c1-3-8(2)4-5-9-10-6-7-11-9/h6-8H,3-5H2,1-2H3/q+1. The quantitative estimate of drug-likeness (QED) is 0.551. The van der Waals surface area contributed by atoms with Crippen LogP contribution in [0.15, 0.2) is 9.98 Å². The zero-order valence-electron chi connectivity index (χ0n) is 7.25. The Labute approximate surface area is 68.4 Å². The van der Waals surface area contributed by atoms with Crippen molar-refractivity contribution in [1.82, 2.24) is 0 Å². The topological polar surface area (TPSA) is 24.7 Å². The fraction of sp³-hybridized carbons (Fsp3) is 0.667. The van der Waals surface area contributed by atoms with E-state index in [1.54, 1.807) is 12.4 Å². The van der Waals surface area contributed by atoms with Crippen LogP contribution in [-0.2, 0) is 0 Å². The first kappa shape index (κ1) is 8.31. The Hall–Kier alpha value is -0.790. The smallest absolute Gasteiger partial charge is 0.0968 e. The molecule has 0 bridgehead atoms. The van der Waals surface area contributed by atoms with Gasteiger partial charge in [0.15, 0.2) is 12.4 Å². The lowest BCUT2D eigenvalue weighted by atomic mass is 10.0. The van der Waals surface area contributed by atoms with Crippen LogP contribution in [0.4, 0.5) is 0 Å². The van der Waals surface area contributed by atoms with Gasteiger partial charge in [0.2, 0.25) is 6.17 Å². The van der Waals surface area contributed by atoms with Gasteiger partial charge in [0.25, 0.3) is 0 Å². The van der Waals surface area contributed by atoms with Gasteiger partial charge in [0.05, 0.1) is 6.42 Å². The number of hydrogen-bond acceptors (Lipinski definition) is 2. The van der Waals surface area contributed by atoms with Crippen LogP contribution in [0.25, 0.3) is 0 Å². The van der Waals surface area contributed by atoms with E-state index in [2.05, 4.69) is 23.8 Å². The first-order valence-electron chi connectivity index (χ1n) is 4.25. The molecule has 0 amide bonds. The van der Waals surface area contributed by atoms with E-state index in [0.717, 1.165) is 18.5 Å². The van der Waals surface area contributed by atoms with Crippen LogP contribution in [0, 0.1) is 12.1 Å². The molecule has 0 aromatic rings. The molecule has 0 saturated carbocycles. The Morgan fingerprint density at radius 3 is 2.55 bits per heavy atom. The largest absolute Gasteiger partial charge is 0.240 e. The zero-order chi connectivity index (χ0) is 8.10. The van der Waals surface area contributed by atoms with Crippen LogP contribution in [0.5, 0.6) is 0 Å². The molecule has 2 nitrogen and oxygen atoms in total. The van der Waals surface area contributed by atoms with E-state index in [9.17, 15) is 0 Å². The summed E-state index contributed by atoms with van der Waals surface area (Å²) in [5.41, 5.74) is 0. The van der Waals surface area contributed by atoms with Crippen molar-refractivity contribution in [2.75, 3.05) is 0 Å². The molecule has 0 aromatic heterocycles. The summed E-state index contributed by atoms with van der Waals surface area (Å²) >= 11 is 0. The highest BCUT2D eigenvalue weighted by Gasteiger charge is 2.15. The molecular weight excluding hydrogens is 136 g/mol. The van der Waals surface area contributed by atoms with Crippen molar-refractivity contribution in [3.05, 3.63) is 6.17 Å². The second-order valence-electron chi connectivity index (χ2n) is 3.02. The van der Waals surface area contributed by atoms with Crippen LogP contribution in [0.3, 0.4) is 0 Å². The van der Waals surface area contributed by atoms with Crippen molar-refractivity contribution in [3.63, 3.8) is 0 Å². The highest BCUT2D eigenvalue weighted by atomic mass is 15.0. The predicted octanol–water partition coefficient (Wildman–Crippen LogP) is 2.46. The van der Waals surface area contributed by atoms with Gasteiger partial charge in [-0.15, -0.1) is 0 Å². The van der Waals surface area contributed by atoms with Crippen LogP contribution >= 0.6 is 0 Å². The Balaban J connectivity index is 2.12. The van der Waals surface area contributed by atoms with Gasteiger partial charge < -0.3 is 0 Å². The summed E-state index contributed by atoms with van der Waals surface area (Å²) in [5, 5.41) is 0. The highest BCUT2D eigenvalue weighted by molar-refractivity contribution is 6.18. The fourth-order valence-corrected chi connectivity index (χ4v) is 0.981. The zero-order valence-corrected chi connectivity index (χ0v) is 7.25. The van der Waals surface area contributed by atoms with E-state index in [-0.39, 0.29) is 0 Å². The molecule has 1 atom stereocenters. The summed E-state index contributed by atoms with van der Waals surface area (Å²) in [6.07, 6.45) is 7.99. The molecule has 0 aromatic carbocycles. The molecule has 0 radical (unpaired) electrons. The van der Waals surface area contributed by atoms with Gasteiger partial charge >= 0.3 is 0 Å². The van der Waals surface area contributed by atoms with E-state index in [4.69, 9.17) is 0 Å². The molecular formula is C9H15N2+. The lowest BCUT2D eigenvalue weighted by Crippen LogP contribution is -1.95. The maximum absolute atomic E-state index is 4.11. The van der Waals surface area contributed by atoms with E-state index in [1.165, 1.54) is 12.8 Å². The molecule has 2 heteroatoms. The van der Waals surface area contributed by atoms with Crippen LogP contribution in [-0.4, -0.2) is 12.4 Å². The first-order valence-corrected chi connectivity index (χ1v) is 4.25. The lowest BCUT2D eigenvalue weighted by molar-refractivity contribution is 0.498. The number of hydrogen-bond donors (Lipinski definition) is 0. The Kier molecular flexibility index (Phi) is 3.14. The van der Waals surface area contributed by atoms with Crippen molar-refractivity contribution >= 4 is 12.4 Å². The normalized spacial score (nSPS) is 17.8. The predicted molar refractivity (Wildman–Crippen MR) is 48.9 cm³/mol. The van der Waals surface area contributed by atoms with Gasteiger partial charge in [-0.25, -0.2) is 0 Å². The van der Waals surface area contributed by atoms with Crippen molar-refractivity contribution < 1.29 is 0 Å². The van der Waals surface area contributed by atoms with Crippen molar-refractivity contribution in [3.8, 4) is 0 Å². The average molecular weight is 151 g/mol. The fourth-order valence-electron chi connectivity index (χ4n) is 0.981. The van der Waals surface area contributed by atoms with E-state index >= 15 is 0 Å². The summed E-state index contributed by atoms with van der Waals surface area (Å²) in [6.45, 7) is 4.49. The van der Waals surface area contributed by atoms with E-state index < -0.39 is 0 Å². The molecule has 11 heavy (non-hydrogen) atoms. The monoisotopic (exact) mass is 151 g/mol. The highest BCUT2D eigenvalue weighted by Crippen LogP contribution is 2.19. The van der Waals surface area contributed by atoms with Gasteiger partial charge in [-0.05, 0) is 12.3 Å². The molecule has 1 aliphatic heterocycles. The van der Waals surface area contributed by atoms with Crippen molar-refractivity contribution in [1.29, 1.82) is 0 Å². The second kappa shape index (κ2) is 4.16. The minimum atomic E-state index is 0.800. The third-order valence-electron chi connectivity index (χ3n) is 2.07. The number of rotatable bonds is 4. The lowest BCUT2D eigenvalue weighted by Gasteiger charge is -2.04. The molecule has 0 aliphatic carbocycles. The number of nitrogens with zero attached hydrogens (tertiary/aromatic N) is 2. The number of aliphatic imine (C=N–C) groups is 2. The summed E-state index contributed by atoms with van der Waals surface area (Å²) in [7, 11) is 0. The molecule has 1 rings (SSSR count). The SMILES string of the molecule is CCC(C)CC[C+]1N=CC=N1. The van der Waals surface area contributed by atoms with Gasteiger partial charge in [-0.3, -0.25) is 0 Å². The van der Waals surface area contributed by atoms with Gasteiger partial charge in [0.1, 0.15) is 0 Å². The maximum Gasteiger partial charge on any atom is 0.240 e. The first-order chi connectivity index (χ1) is 5.33. The average Bonchev–Trinajstić information content (AvgIpc) is 2.52. The minimum Gasteiger partial charge on any atom is -0.0968 e. The van der Waals surface area contributed by atoms with Crippen LogP contribution in [0.1, 0.15) is 33.1 Å². The molecule has 1 heterocycles. The van der Waals surface area contributed by atoms with Gasteiger partial charge in [0, 0.05) is 0 Å². The summed E-state index contributed by atoms with van der Waals surface area (Å²) in [6, 6.07) is 0. The minimum absolute atomic E-state index is 0.800. The summed E-state index contributed by atoms with van der Waals surface area (Å²) in [4.78, 5) is 8.22. The molecule has 0 spiro atoms. The van der Waals surface area contributed by atoms with Gasteiger partial charge in [-0.2, -0.15) is 0 Å². The van der Waals surface area contributed by atoms with Crippen molar-refractivity contribution in [2.24, 2.45) is 15.9 Å². The van der Waals surface area contributed by atoms with Crippen LogP contribution < -0.4 is 0 Å². The van der Waals surface area contributed by atoms with Crippen LogP contribution in [0.2, 0.25) is 0 Å². The van der Waals surface area contributed by atoms with E-state index in [0.29, 0.717) is 0 Å². The molecule has 1 aliphatic rings. The Morgan fingerprint density at radius 1 is 1.36 bits per heavy atom. The summed E-state index contributed by atoms with van der Waals surface area (Å²) in [5.74, 6) is 0.800.